The molecule has 0 aliphatic carbocycles. The first-order chi connectivity index (χ1) is 9.20. The van der Waals surface area contributed by atoms with Crippen LogP contribution in [0.25, 0.3) is 0 Å². The lowest BCUT2D eigenvalue weighted by molar-refractivity contribution is 0.326. The van der Waals surface area contributed by atoms with Crippen LogP contribution in [0.3, 0.4) is 0 Å². The molecule has 0 bridgehead atoms. The van der Waals surface area contributed by atoms with E-state index in [1.165, 1.54) is 4.68 Å². The third-order valence-electron chi connectivity index (χ3n) is 3.13. The van der Waals surface area contributed by atoms with E-state index in [0.717, 1.165) is 5.56 Å². The molecule has 19 heavy (non-hydrogen) atoms. The number of halogens is 2. The van der Waals surface area contributed by atoms with Crippen LogP contribution in [-0.4, -0.2) is 25.3 Å². The lowest BCUT2D eigenvalue weighted by Crippen LogP contribution is -2.10. The highest BCUT2D eigenvalue weighted by molar-refractivity contribution is 7.91. The van der Waals surface area contributed by atoms with Gasteiger partial charge < -0.3 is 4.55 Å². The molecule has 0 N–H and O–H groups in total. The Balaban J connectivity index is 1.99. The van der Waals surface area contributed by atoms with Gasteiger partial charge in [-0.25, -0.2) is 9.07 Å². The maximum Gasteiger partial charge on any atom is 0.364 e. The second kappa shape index (κ2) is 4.90. The summed E-state index contributed by atoms with van der Waals surface area (Å²) < 4.78 is 39.0. The Bertz CT molecular complexity index is 578. The van der Waals surface area contributed by atoms with Crippen molar-refractivity contribution >= 4 is 11.2 Å². The van der Waals surface area contributed by atoms with Crippen LogP contribution in [0.15, 0.2) is 35.5 Å². The predicted molar refractivity (Wildman–Crippen MR) is 65.5 cm³/mol. The normalized spacial score (nSPS) is 23.3. The Labute approximate surface area is 111 Å². The van der Waals surface area contributed by atoms with Crippen molar-refractivity contribution in [2.24, 2.45) is 0 Å². The first kappa shape index (κ1) is 12.6. The average Bonchev–Trinajstić information content (AvgIpc) is 3.00. The number of hydrogen-bond donors (Lipinski definition) is 0. The summed E-state index contributed by atoms with van der Waals surface area (Å²) in [5.41, 5.74) is 0.909. The highest BCUT2D eigenvalue weighted by atomic mass is 32.2. The molecule has 1 aliphatic rings. The molecule has 3 atom stereocenters. The van der Waals surface area contributed by atoms with E-state index in [2.05, 4.69) is 10.1 Å². The summed E-state index contributed by atoms with van der Waals surface area (Å²) in [6.45, 7) is 0. The molecule has 4 nitrogen and oxygen atoms in total. The lowest BCUT2D eigenvalue weighted by Gasteiger charge is -2.11. The lowest BCUT2D eigenvalue weighted by atomic mass is 10.0. The molecule has 7 heteroatoms. The van der Waals surface area contributed by atoms with Crippen molar-refractivity contribution in [2.45, 2.75) is 23.8 Å². The minimum Gasteiger partial charge on any atom is -0.607 e. The van der Waals surface area contributed by atoms with Crippen LogP contribution < -0.4 is 0 Å². The van der Waals surface area contributed by atoms with Gasteiger partial charge in [0.2, 0.25) is 0 Å². The Hall–Kier alpha value is -1.47. The van der Waals surface area contributed by atoms with Gasteiger partial charge in [-0.05, 0) is 5.56 Å². The van der Waals surface area contributed by atoms with Crippen molar-refractivity contribution < 1.29 is 13.3 Å². The molecule has 0 saturated carbocycles. The molecule has 0 unspecified atom stereocenters. The van der Waals surface area contributed by atoms with Gasteiger partial charge in [0, 0.05) is 6.42 Å². The fourth-order valence-electron chi connectivity index (χ4n) is 2.26. The zero-order valence-corrected chi connectivity index (χ0v) is 10.7. The summed E-state index contributed by atoms with van der Waals surface area (Å²) >= 11 is -1.91. The third-order valence-corrected chi connectivity index (χ3v) is 3.91. The largest absolute Gasteiger partial charge is 0.607 e. The Morgan fingerprint density at radius 2 is 2.11 bits per heavy atom. The van der Waals surface area contributed by atoms with Gasteiger partial charge in [-0.15, -0.1) is 5.10 Å². The average molecular weight is 283 g/mol. The first-order valence-corrected chi connectivity index (χ1v) is 7.12. The van der Waals surface area contributed by atoms with Crippen molar-refractivity contribution in [2.75, 3.05) is 6.01 Å². The number of fused-ring (bicyclic) bond motifs is 1. The van der Waals surface area contributed by atoms with E-state index in [1.807, 2.05) is 30.3 Å². The fourth-order valence-corrected chi connectivity index (χ4v) is 2.73. The monoisotopic (exact) mass is 283 g/mol. The van der Waals surface area contributed by atoms with Crippen LogP contribution in [0.4, 0.5) is 8.78 Å². The van der Waals surface area contributed by atoms with Gasteiger partial charge in [0.1, 0.15) is 0 Å². The Morgan fingerprint density at radius 1 is 1.37 bits per heavy atom. The topological polar surface area (TPSA) is 53.8 Å². The van der Waals surface area contributed by atoms with Gasteiger partial charge >= 0.3 is 5.16 Å². The smallest absolute Gasteiger partial charge is 0.364 e. The van der Waals surface area contributed by atoms with Gasteiger partial charge in [0.25, 0.3) is 6.01 Å². The molecule has 1 aliphatic heterocycles. The molecule has 0 fully saturated rings. The van der Waals surface area contributed by atoms with Crippen LogP contribution in [0.1, 0.15) is 30.0 Å². The standard InChI is InChI=1S/C12H11F2N3OS/c13-7-19(18)12-15-11-9(14)6-10(17(11)16-12)8-4-2-1-3-5-8/h1-5,9-10H,6-7H2/t9-,10-,19-/m0/s1. The zero-order chi connectivity index (χ0) is 13.4. The van der Waals surface area contributed by atoms with E-state index >= 15 is 0 Å². The van der Waals surface area contributed by atoms with Crippen LogP contribution >= 0.6 is 0 Å². The predicted octanol–water partition coefficient (Wildman–Crippen LogP) is 2.32. The molecule has 0 spiro atoms. The molecule has 2 aromatic rings. The van der Waals surface area contributed by atoms with Crippen molar-refractivity contribution in [3.63, 3.8) is 0 Å². The molecule has 100 valence electrons. The van der Waals surface area contributed by atoms with E-state index in [-0.39, 0.29) is 23.4 Å². The summed E-state index contributed by atoms with van der Waals surface area (Å²) in [5, 5.41) is 3.86. The first-order valence-electron chi connectivity index (χ1n) is 5.80. The van der Waals surface area contributed by atoms with Crippen LogP contribution in [0.2, 0.25) is 0 Å². The number of aromatic nitrogens is 3. The molecule has 3 rings (SSSR count). The maximum atomic E-state index is 13.9. The minimum atomic E-state index is -1.91. The number of hydrogen-bond acceptors (Lipinski definition) is 3. The van der Waals surface area contributed by atoms with E-state index in [1.54, 1.807) is 0 Å². The van der Waals surface area contributed by atoms with Crippen molar-refractivity contribution in [3.05, 3.63) is 41.7 Å². The summed E-state index contributed by atoms with van der Waals surface area (Å²) in [6.07, 6.45) is -1.01. The van der Waals surface area contributed by atoms with Gasteiger partial charge in [0.15, 0.2) is 12.0 Å². The van der Waals surface area contributed by atoms with Crippen LogP contribution in [0, 0.1) is 0 Å². The summed E-state index contributed by atoms with van der Waals surface area (Å²) in [5.74, 6) is 0.130. The maximum absolute atomic E-state index is 13.9. The third kappa shape index (κ3) is 2.12. The van der Waals surface area contributed by atoms with E-state index < -0.39 is 23.4 Å². The Kier molecular flexibility index (Phi) is 3.24. The summed E-state index contributed by atoms with van der Waals surface area (Å²) in [7, 11) is 0. The fraction of sp³-hybridized carbons (Fsp3) is 0.333. The van der Waals surface area contributed by atoms with E-state index in [4.69, 9.17) is 0 Å². The number of alkyl halides is 2. The number of nitrogens with zero attached hydrogens (tertiary/aromatic N) is 3. The summed E-state index contributed by atoms with van der Waals surface area (Å²) in [4.78, 5) is 3.85. The quantitative estimate of drug-likeness (QED) is 0.812. The van der Waals surface area contributed by atoms with Gasteiger partial charge in [-0.1, -0.05) is 30.3 Å². The molecule has 1 aromatic carbocycles. The molecule has 0 saturated heterocycles. The van der Waals surface area contributed by atoms with Gasteiger partial charge in [-0.3, -0.25) is 0 Å². The molecule has 0 radical (unpaired) electrons. The SMILES string of the molecule is [O-][S@@+](CF)c1nc2n(n1)[C@H](c1ccccc1)C[C@@H]2F. The minimum absolute atomic E-state index is 0.130. The van der Waals surface area contributed by atoms with E-state index in [9.17, 15) is 13.3 Å². The second-order valence-corrected chi connectivity index (χ2v) is 5.56. The van der Waals surface area contributed by atoms with Crippen molar-refractivity contribution in [3.8, 4) is 0 Å². The molecule has 1 aromatic heterocycles. The number of benzene rings is 1. The zero-order valence-electron chi connectivity index (χ0n) is 9.87. The molecule has 0 amide bonds. The molecular formula is C12H11F2N3OS. The number of rotatable bonds is 3. The van der Waals surface area contributed by atoms with E-state index in [0.29, 0.717) is 0 Å². The van der Waals surface area contributed by atoms with Crippen molar-refractivity contribution in [1.82, 2.24) is 14.8 Å². The van der Waals surface area contributed by atoms with Gasteiger partial charge in [-0.2, -0.15) is 9.37 Å². The summed E-state index contributed by atoms with van der Waals surface area (Å²) in [6, 6.07) is 8.01. The highest BCUT2D eigenvalue weighted by Gasteiger charge is 2.37. The Morgan fingerprint density at radius 3 is 2.79 bits per heavy atom. The van der Waals surface area contributed by atoms with Crippen LogP contribution in [0.5, 0.6) is 0 Å². The molecule has 2 heterocycles. The van der Waals surface area contributed by atoms with Crippen LogP contribution in [-0.2, 0) is 11.2 Å². The van der Waals surface area contributed by atoms with Crippen molar-refractivity contribution in [1.29, 1.82) is 0 Å². The second-order valence-electron chi connectivity index (χ2n) is 4.28. The molecular weight excluding hydrogens is 272 g/mol. The van der Waals surface area contributed by atoms with Gasteiger partial charge in [0.05, 0.1) is 17.2 Å². The highest BCUT2D eigenvalue weighted by Crippen LogP contribution is 2.39.